The average molecular weight is 291 g/mol. The quantitative estimate of drug-likeness (QED) is 0.590. The van der Waals surface area contributed by atoms with Gasteiger partial charge in [0, 0.05) is 6.07 Å². The van der Waals surface area contributed by atoms with Crippen LogP contribution in [-0.2, 0) is 0 Å². The second-order valence-electron chi connectivity index (χ2n) is 6.16. The number of nitrogens with zero attached hydrogens (tertiary/aromatic N) is 1. The normalized spacial score (nSPS) is 26.8. The maximum atomic E-state index is 10.8. The first kappa shape index (κ1) is 14.2. The second-order valence-corrected chi connectivity index (χ2v) is 6.16. The number of fused-ring (bicyclic) bond motifs is 2. The molecule has 0 heterocycles. The summed E-state index contributed by atoms with van der Waals surface area (Å²) in [6, 6.07) is 4.46. The first-order valence-corrected chi connectivity index (χ1v) is 7.62. The molecule has 2 aliphatic rings. The van der Waals surface area contributed by atoms with Crippen molar-refractivity contribution in [1.29, 1.82) is 0 Å². The van der Waals surface area contributed by atoms with Gasteiger partial charge in [-0.15, -0.1) is 0 Å². The number of non-ortho nitro benzene ring substituents is 1. The summed E-state index contributed by atoms with van der Waals surface area (Å²) in [7, 11) is 1.55. The van der Waals surface area contributed by atoms with Crippen LogP contribution >= 0.6 is 0 Å². The molecule has 0 unspecified atom stereocenters. The number of ether oxygens (including phenoxy) is 2. The largest absolute Gasteiger partial charge is 0.493 e. The Bertz CT molecular complexity index is 531. The number of nitro groups is 1. The monoisotopic (exact) mass is 291 g/mol. The van der Waals surface area contributed by atoms with Crippen LogP contribution in [0, 0.1) is 27.9 Å². The lowest BCUT2D eigenvalue weighted by atomic mass is 9.87. The van der Waals surface area contributed by atoms with Gasteiger partial charge in [-0.25, -0.2) is 0 Å². The summed E-state index contributed by atoms with van der Waals surface area (Å²) in [4.78, 5) is 10.4. The number of benzene rings is 1. The summed E-state index contributed by atoms with van der Waals surface area (Å²) in [5, 5.41) is 10.8. The predicted molar refractivity (Wildman–Crippen MR) is 78.7 cm³/mol. The zero-order valence-electron chi connectivity index (χ0n) is 12.3. The minimum absolute atomic E-state index is 0.0331. The lowest BCUT2D eigenvalue weighted by Crippen LogP contribution is -2.14. The molecule has 21 heavy (non-hydrogen) atoms. The summed E-state index contributed by atoms with van der Waals surface area (Å²) >= 11 is 0. The molecule has 0 saturated heterocycles. The van der Waals surface area contributed by atoms with Crippen LogP contribution in [0.25, 0.3) is 0 Å². The van der Waals surface area contributed by atoms with Gasteiger partial charge in [0.05, 0.1) is 24.7 Å². The SMILES string of the molecule is COc1ccc([N+](=O)[O-])cc1OCC[C@@H]1C[C@@H]2CC[C@H]1C2. The Morgan fingerprint density at radius 3 is 2.76 bits per heavy atom. The smallest absolute Gasteiger partial charge is 0.273 e. The van der Waals surface area contributed by atoms with Gasteiger partial charge in [-0.1, -0.05) is 6.42 Å². The second kappa shape index (κ2) is 5.92. The summed E-state index contributed by atoms with van der Waals surface area (Å²) in [6.45, 7) is 0.603. The molecule has 1 aromatic carbocycles. The van der Waals surface area contributed by atoms with Gasteiger partial charge in [0.25, 0.3) is 5.69 Å². The molecule has 2 aliphatic carbocycles. The van der Waals surface area contributed by atoms with Crippen molar-refractivity contribution in [2.45, 2.75) is 32.1 Å². The number of methoxy groups -OCH3 is 1. The molecule has 2 bridgehead atoms. The van der Waals surface area contributed by atoms with E-state index in [1.807, 2.05) is 0 Å². The summed E-state index contributed by atoms with van der Waals surface area (Å²) < 4.78 is 11.0. The van der Waals surface area contributed by atoms with E-state index in [1.165, 1.54) is 37.8 Å². The molecule has 1 aromatic rings. The highest BCUT2D eigenvalue weighted by Gasteiger charge is 2.38. The van der Waals surface area contributed by atoms with Crippen molar-refractivity contribution in [3.05, 3.63) is 28.3 Å². The maximum absolute atomic E-state index is 10.8. The minimum atomic E-state index is -0.414. The van der Waals surface area contributed by atoms with Gasteiger partial charge in [0.2, 0.25) is 0 Å². The fraction of sp³-hybridized carbons (Fsp3) is 0.625. The highest BCUT2D eigenvalue weighted by atomic mass is 16.6. The van der Waals surface area contributed by atoms with Crippen LogP contribution < -0.4 is 9.47 Å². The van der Waals surface area contributed by atoms with Crippen LogP contribution in [0.1, 0.15) is 32.1 Å². The molecule has 3 rings (SSSR count). The van der Waals surface area contributed by atoms with E-state index in [1.54, 1.807) is 13.2 Å². The van der Waals surface area contributed by atoms with Crippen LogP contribution in [0.5, 0.6) is 11.5 Å². The van der Waals surface area contributed by atoms with E-state index < -0.39 is 4.92 Å². The molecule has 0 amide bonds. The van der Waals surface area contributed by atoms with Crippen molar-refractivity contribution in [3.8, 4) is 11.5 Å². The van der Waals surface area contributed by atoms with Crippen LogP contribution in [0.2, 0.25) is 0 Å². The van der Waals surface area contributed by atoms with E-state index in [0.29, 0.717) is 18.1 Å². The number of rotatable bonds is 6. The van der Waals surface area contributed by atoms with E-state index in [4.69, 9.17) is 9.47 Å². The van der Waals surface area contributed by atoms with Crippen molar-refractivity contribution in [1.82, 2.24) is 0 Å². The topological polar surface area (TPSA) is 61.6 Å². The van der Waals surface area contributed by atoms with Gasteiger partial charge in [-0.05, 0) is 49.5 Å². The van der Waals surface area contributed by atoms with Crippen molar-refractivity contribution in [2.75, 3.05) is 13.7 Å². The van der Waals surface area contributed by atoms with Gasteiger partial charge in [0.1, 0.15) is 0 Å². The van der Waals surface area contributed by atoms with E-state index >= 15 is 0 Å². The maximum Gasteiger partial charge on any atom is 0.273 e. The summed E-state index contributed by atoms with van der Waals surface area (Å²) in [5.41, 5.74) is 0.0331. The fourth-order valence-electron chi connectivity index (χ4n) is 3.94. The summed E-state index contributed by atoms with van der Waals surface area (Å²) in [5.74, 6) is 3.61. The highest BCUT2D eigenvalue weighted by molar-refractivity contribution is 5.48. The van der Waals surface area contributed by atoms with E-state index in [9.17, 15) is 10.1 Å². The molecule has 5 heteroatoms. The Balaban J connectivity index is 1.59. The molecule has 114 valence electrons. The van der Waals surface area contributed by atoms with E-state index in [0.717, 1.165) is 24.2 Å². The van der Waals surface area contributed by atoms with E-state index in [2.05, 4.69) is 0 Å². The van der Waals surface area contributed by atoms with Crippen LogP contribution in [-0.4, -0.2) is 18.6 Å². The molecular weight excluding hydrogens is 270 g/mol. The molecule has 0 N–H and O–H groups in total. The van der Waals surface area contributed by atoms with Crippen LogP contribution in [0.15, 0.2) is 18.2 Å². The third kappa shape index (κ3) is 2.96. The lowest BCUT2D eigenvalue weighted by molar-refractivity contribution is -0.385. The average Bonchev–Trinajstić information content (AvgIpc) is 3.09. The zero-order chi connectivity index (χ0) is 14.8. The van der Waals surface area contributed by atoms with Gasteiger partial charge < -0.3 is 9.47 Å². The highest BCUT2D eigenvalue weighted by Crippen LogP contribution is 2.49. The van der Waals surface area contributed by atoms with Crippen LogP contribution in [0.4, 0.5) is 5.69 Å². The standard InChI is InChI=1S/C16H21NO4/c1-20-15-5-4-14(17(18)19)10-16(15)21-7-6-13-9-11-2-3-12(13)8-11/h4-5,10-13H,2-3,6-9H2,1H3/t11-,12+,13-/m1/s1. The molecule has 3 atom stereocenters. The number of hydrogen-bond donors (Lipinski definition) is 0. The first-order valence-electron chi connectivity index (χ1n) is 7.62. The molecule has 0 aromatic heterocycles. The first-order chi connectivity index (χ1) is 10.2. The van der Waals surface area contributed by atoms with Crippen molar-refractivity contribution in [2.24, 2.45) is 17.8 Å². The molecule has 0 aliphatic heterocycles. The Morgan fingerprint density at radius 2 is 2.14 bits per heavy atom. The van der Waals surface area contributed by atoms with Crippen molar-refractivity contribution >= 4 is 5.69 Å². The Labute approximate surface area is 124 Å². The van der Waals surface area contributed by atoms with Crippen molar-refractivity contribution < 1.29 is 14.4 Å². The number of hydrogen-bond acceptors (Lipinski definition) is 4. The predicted octanol–water partition coefficient (Wildman–Crippen LogP) is 3.81. The molecule has 2 fully saturated rings. The molecule has 0 radical (unpaired) electrons. The Hall–Kier alpha value is -1.78. The Kier molecular flexibility index (Phi) is 3.99. The molecule has 5 nitrogen and oxygen atoms in total. The third-order valence-electron chi connectivity index (χ3n) is 4.99. The van der Waals surface area contributed by atoms with Gasteiger partial charge in [0.15, 0.2) is 11.5 Å². The lowest BCUT2D eigenvalue weighted by Gasteiger charge is -2.21. The molecule has 0 spiro atoms. The fourth-order valence-corrected chi connectivity index (χ4v) is 3.94. The van der Waals surface area contributed by atoms with E-state index in [-0.39, 0.29) is 5.69 Å². The van der Waals surface area contributed by atoms with Gasteiger partial charge in [-0.3, -0.25) is 10.1 Å². The van der Waals surface area contributed by atoms with Crippen molar-refractivity contribution in [3.63, 3.8) is 0 Å². The third-order valence-corrected chi connectivity index (χ3v) is 4.99. The summed E-state index contributed by atoms with van der Waals surface area (Å²) in [6.07, 6.45) is 6.54. The molecule has 2 saturated carbocycles. The zero-order valence-corrected chi connectivity index (χ0v) is 12.3. The van der Waals surface area contributed by atoms with Crippen LogP contribution in [0.3, 0.4) is 0 Å². The molecular formula is C16H21NO4. The van der Waals surface area contributed by atoms with Gasteiger partial charge >= 0.3 is 0 Å². The van der Waals surface area contributed by atoms with Gasteiger partial charge in [-0.2, -0.15) is 0 Å². The number of nitro benzene ring substituents is 1. The Morgan fingerprint density at radius 1 is 1.29 bits per heavy atom. The minimum Gasteiger partial charge on any atom is -0.493 e.